The first-order valence-corrected chi connectivity index (χ1v) is 8.02. The highest BCUT2D eigenvalue weighted by Gasteiger charge is 2.16. The molecule has 23 heavy (non-hydrogen) atoms. The summed E-state index contributed by atoms with van der Waals surface area (Å²) < 4.78 is 11.1. The molecule has 0 heterocycles. The predicted molar refractivity (Wildman–Crippen MR) is 91.9 cm³/mol. The number of benzene rings is 2. The maximum Gasteiger partial charge on any atom is 0.123 e. The van der Waals surface area contributed by atoms with Crippen LogP contribution >= 0.6 is 0 Å². The summed E-state index contributed by atoms with van der Waals surface area (Å²) in [5.74, 6) is 1.49. The van der Waals surface area contributed by atoms with Crippen LogP contribution in [0.15, 0.2) is 48.5 Å². The van der Waals surface area contributed by atoms with Crippen molar-refractivity contribution in [1.82, 2.24) is 0 Å². The van der Waals surface area contributed by atoms with Gasteiger partial charge in [-0.25, -0.2) is 0 Å². The minimum Gasteiger partial charge on any atom is -0.496 e. The number of nitriles is 1. The highest BCUT2D eigenvalue weighted by atomic mass is 16.5. The smallest absolute Gasteiger partial charge is 0.123 e. The monoisotopic (exact) mass is 309 g/mol. The molecule has 2 aromatic carbocycles. The Morgan fingerprint density at radius 1 is 1.13 bits per heavy atom. The van der Waals surface area contributed by atoms with Gasteiger partial charge >= 0.3 is 0 Å². The van der Waals surface area contributed by atoms with E-state index in [1.54, 1.807) is 7.11 Å². The van der Waals surface area contributed by atoms with Crippen molar-refractivity contribution in [3.05, 3.63) is 59.7 Å². The van der Waals surface area contributed by atoms with E-state index in [9.17, 15) is 5.26 Å². The van der Waals surface area contributed by atoms with Crippen LogP contribution in [0, 0.1) is 11.3 Å². The lowest BCUT2D eigenvalue weighted by molar-refractivity contribution is 0.304. The molecule has 2 aromatic rings. The highest BCUT2D eigenvalue weighted by molar-refractivity contribution is 5.42. The molecule has 0 saturated heterocycles. The predicted octanol–water partition coefficient (Wildman–Crippen LogP) is 4.72. The van der Waals surface area contributed by atoms with Crippen molar-refractivity contribution in [3.63, 3.8) is 0 Å². The van der Waals surface area contributed by atoms with Gasteiger partial charge in [-0.05, 0) is 43.0 Å². The average Bonchev–Trinajstić information content (AvgIpc) is 2.62. The Labute approximate surface area is 138 Å². The summed E-state index contributed by atoms with van der Waals surface area (Å²) in [7, 11) is 1.65. The number of methoxy groups -OCH3 is 1. The van der Waals surface area contributed by atoms with Gasteiger partial charge in [0, 0.05) is 5.56 Å². The van der Waals surface area contributed by atoms with Crippen molar-refractivity contribution in [3.8, 4) is 17.6 Å². The molecule has 3 nitrogen and oxygen atoms in total. The zero-order valence-electron chi connectivity index (χ0n) is 13.8. The van der Waals surface area contributed by atoms with Crippen molar-refractivity contribution in [2.75, 3.05) is 13.7 Å². The molecule has 1 unspecified atom stereocenters. The molecule has 0 amide bonds. The first-order valence-electron chi connectivity index (χ1n) is 8.02. The van der Waals surface area contributed by atoms with Gasteiger partial charge in [-0.3, -0.25) is 0 Å². The maximum absolute atomic E-state index is 9.53. The first-order chi connectivity index (χ1) is 11.3. The number of rotatable bonds is 8. The SMILES string of the molecule is CCc1ccc(OC)c(C(C#N)CCCOc2ccccc2)c1. The van der Waals surface area contributed by atoms with E-state index < -0.39 is 0 Å². The van der Waals surface area contributed by atoms with Gasteiger partial charge in [-0.15, -0.1) is 0 Å². The Bertz CT molecular complexity index is 646. The molecule has 120 valence electrons. The zero-order chi connectivity index (χ0) is 16.5. The van der Waals surface area contributed by atoms with Crippen LogP contribution in [0.3, 0.4) is 0 Å². The van der Waals surface area contributed by atoms with Crippen molar-refractivity contribution in [2.45, 2.75) is 32.1 Å². The molecular formula is C20H23NO2. The third kappa shape index (κ3) is 4.75. The summed E-state index contributed by atoms with van der Waals surface area (Å²) in [6, 6.07) is 18.3. The lowest BCUT2D eigenvalue weighted by Crippen LogP contribution is -2.04. The van der Waals surface area contributed by atoms with Crippen molar-refractivity contribution < 1.29 is 9.47 Å². The van der Waals surface area contributed by atoms with Gasteiger partial charge in [-0.1, -0.05) is 37.3 Å². The lowest BCUT2D eigenvalue weighted by Gasteiger charge is -2.15. The molecule has 0 radical (unpaired) electrons. The van der Waals surface area contributed by atoms with Crippen LogP contribution in [-0.4, -0.2) is 13.7 Å². The molecule has 0 fully saturated rings. The van der Waals surface area contributed by atoms with Crippen molar-refractivity contribution >= 4 is 0 Å². The molecule has 0 aromatic heterocycles. The van der Waals surface area contributed by atoms with Crippen molar-refractivity contribution in [2.24, 2.45) is 0 Å². The van der Waals surface area contributed by atoms with E-state index in [-0.39, 0.29) is 5.92 Å². The summed E-state index contributed by atoms with van der Waals surface area (Å²) in [4.78, 5) is 0. The first kappa shape index (κ1) is 16.9. The standard InChI is InChI=1S/C20H23NO2/c1-3-16-11-12-20(22-2)19(14-16)17(15-21)8-7-13-23-18-9-5-4-6-10-18/h4-6,9-12,14,17H,3,7-8,13H2,1-2H3. The fourth-order valence-corrected chi connectivity index (χ4v) is 2.56. The van der Waals surface area contributed by atoms with E-state index in [1.807, 2.05) is 36.4 Å². The second-order valence-corrected chi connectivity index (χ2v) is 5.42. The van der Waals surface area contributed by atoms with E-state index >= 15 is 0 Å². The summed E-state index contributed by atoms with van der Waals surface area (Å²) in [5.41, 5.74) is 2.20. The van der Waals surface area contributed by atoms with E-state index in [1.165, 1.54) is 5.56 Å². The summed E-state index contributed by atoms with van der Waals surface area (Å²) in [5, 5.41) is 9.53. The Morgan fingerprint density at radius 2 is 1.91 bits per heavy atom. The number of para-hydroxylation sites is 1. The van der Waals surface area contributed by atoms with Crippen LogP contribution in [0.4, 0.5) is 0 Å². The third-order valence-electron chi connectivity index (χ3n) is 3.88. The Kier molecular flexibility index (Phi) is 6.50. The van der Waals surface area contributed by atoms with Gasteiger partial charge < -0.3 is 9.47 Å². The van der Waals surface area contributed by atoms with E-state index in [2.05, 4.69) is 25.1 Å². The minimum absolute atomic E-state index is 0.171. The van der Waals surface area contributed by atoms with Gasteiger partial charge in [0.1, 0.15) is 11.5 Å². The zero-order valence-corrected chi connectivity index (χ0v) is 13.8. The van der Waals surface area contributed by atoms with Crippen molar-refractivity contribution in [1.29, 1.82) is 5.26 Å². The average molecular weight is 309 g/mol. The lowest BCUT2D eigenvalue weighted by atomic mass is 9.93. The third-order valence-corrected chi connectivity index (χ3v) is 3.88. The molecular weight excluding hydrogens is 286 g/mol. The molecule has 2 rings (SSSR count). The fraction of sp³-hybridized carbons (Fsp3) is 0.350. The highest BCUT2D eigenvalue weighted by Crippen LogP contribution is 2.30. The molecule has 0 spiro atoms. The Morgan fingerprint density at radius 3 is 2.57 bits per heavy atom. The molecule has 0 aliphatic heterocycles. The second-order valence-electron chi connectivity index (χ2n) is 5.42. The van der Waals surface area contributed by atoms with Gasteiger partial charge in [0.15, 0.2) is 0 Å². The number of hydrogen-bond donors (Lipinski definition) is 0. The summed E-state index contributed by atoms with van der Waals surface area (Å²) in [6.45, 7) is 2.72. The van der Waals surface area contributed by atoms with Gasteiger partial charge in [0.05, 0.1) is 25.7 Å². The Hall–Kier alpha value is -2.47. The van der Waals surface area contributed by atoms with E-state index in [0.29, 0.717) is 6.61 Å². The van der Waals surface area contributed by atoms with Gasteiger partial charge in [-0.2, -0.15) is 5.26 Å². The minimum atomic E-state index is -0.171. The topological polar surface area (TPSA) is 42.2 Å². The van der Waals surface area contributed by atoms with E-state index in [0.717, 1.165) is 36.3 Å². The molecule has 0 N–H and O–H groups in total. The molecule has 3 heteroatoms. The number of hydrogen-bond acceptors (Lipinski definition) is 3. The summed E-state index contributed by atoms with van der Waals surface area (Å²) in [6.07, 6.45) is 2.53. The molecule has 0 bridgehead atoms. The normalized spacial score (nSPS) is 11.5. The van der Waals surface area contributed by atoms with Crippen LogP contribution in [0.5, 0.6) is 11.5 Å². The molecule has 0 aliphatic rings. The molecule has 0 aliphatic carbocycles. The van der Waals surface area contributed by atoms with Crippen LogP contribution < -0.4 is 9.47 Å². The van der Waals surface area contributed by atoms with Gasteiger partial charge in [0.2, 0.25) is 0 Å². The maximum atomic E-state index is 9.53. The van der Waals surface area contributed by atoms with Crippen LogP contribution in [0.2, 0.25) is 0 Å². The fourth-order valence-electron chi connectivity index (χ4n) is 2.56. The quantitative estimate of drug-likeness (QED) is 0.662. The second kappa shape index (κ2) is 8.85. The molecule has 0 saturated carbocycles. The number of ether oxygens (including phenoxy) is 2. The van der Waals surface area contributed by atoms with E-state index in [4.69, 9.17) is 9.47 Å². The largest absolute Gasteiger partial charge is 0.496 e. The Balaban J connectivity index is 1.96. The molecule has 1 atom stereocenters. The number of nitrogens with zero attached hydrogens (tertiary/aromatic N) is 1. The van der Waals surface area contributed by atoms with Gasteiger partial charge in [0.25, 0.3) is 0 Å². The van der Waals surface area contributed by atoms with Crippen LogP contribution in [0.1, 0.15) is 36.8 Å². The van der Waals surface area contributed by atoms with Crippen LogP contribution in [-0.2, 0) is 6.42 Å². The number of aryl methyl sites for hydroxylation is 1. The summed E-state index contributed by atoms with van der Waals surface area (Å²) >= 11 is 0. The van der Waals surface area contributed by atoms with Crippen LogP contribution in [0.25, 0.3) is 0 Å².